The monoisotopic (exact) mass is 433 g/mol. The summed E-state index contributed by atoms with van der Waals surface area (Å²) in [4.78, 5) is 12.5. The minimum atomic E-state index is -0.521. The van der Waals surface area contributed by atoms with E-state index in [1.807, 2.05) is 30.3 Å². The van der Waals surface area contributed by atoms with Crippen molar-refractivity contribution in [1.29, 1.82) is 0 Å². The molecule has 9 nitrogen and oxygen atoms in total. The lowest BCUT2D eigenvalue weighted by atomic mass is 10.2. The van der Waals surface area contributed by atoms with Gasteiger partial charge in [-0.1, -0.05) is 36.8 Å². The number of hydrogen-bond donors (Lipinski definition) is 2. The molecule has 0 radical (unpaired) electrons. The summed E-state index contributed by atoms with van der Waals surface area (Å²) in [6.45, 7) is 2.36. The van der Waals surface area contributed by atoms with Crippen LogP contribution < -0.4 is 19.5 Å². The molecule has 0 spiro atoms. The van der Waals surface area contributed by atoms with E-state index in [1.165, 1.54) is 6.08 Å². The summed E-state index contributed by atoms with van der Waals surface area (Å²) in [6, 6.07) is 12.8. The third kappa shape index (κ3) is 5.31. The van der Waals surface area contributed by atoms with Crippen LogP contribution in [0.2, 0.25) is 0 Å². The molecule has 1 atom stereocenters. The number of carbonyl (C=O) groups excluding carboxylic acids is 1. The lowest BCUT2D eigenvalue weighted by molar-refractivity contribution is -0.111. The number of nitrogens with one attached hydrogen (secondary N) is 2. The van der Waals surface area contributed by atoms with Crippen LogP contribution in [0.3, 0.4) is 0 Å². The van der Waals surface area contributed by atoms with E-state index in [1.54, 1.807) is 30.5 Å². The molecule has 1 unspecified atom stereocenters. The maximum atomic E-state index is 12.5. The predicted molar refractivity (Wildman–Crippen MR) is 118 cm³/mol. The number of ether oxygens (including phenoxy) is 3. The highest BCUT2D eigenvalue weighted by molar-refractivity contribution is 6.03. The maximum Gasteiger partial charge on any atom is 0.248 e. The van der Waals surface area contributed by atoms with E-state index < -0.39 is 6.10 Å². The first-order valence-corrected chi connectivity index (χ1v) is 10.3. The van der Waals surface area contributed by atoms with E-state index in [-0.39, 0.29) is 12.5 Å². The van der Waals surface area contributed by atoms with Crippen LogP contribution in [-0.4, -0.2) is 33.1 Å². The molecule has 1 aliphatic rings. The van der Waals surface area contributed by atoms with E-state index in [9.17, 15) is 4.79 Å². The van der Waals surface area contributed by atoms with Gasteiger partial charge in [-0.05, 0) is 48.4 Å². The summed E-state index contributed by atoms with van der Waals surface area (Å²) < 4.78 is 17.2. The summed E-state index contributed by atoms with van der Waals surface area (Å²) in [7, 11) is 0. The van der Waals surface area contributed by atoms with Crippen molar-refractivity contribution in [1.82, 2.24) is 20.6 Å². The number of aromatic nitrogens is 4. The van der Waals surface area contributed by atoms with Crippen molar-refractivity contribution in [3.8, 4) is 17.2 Å². The van der Waals surface area contributed by atoms with Crippen LogP contribution in [0.25, 0.3) is 6.08 Å². The Labute approximate surface area is 185 Å². The van der Waals surface area contributed by atoms with Crippen molar-refractivity contribution in [3.63, 3.8) is 0 Å². The average Bonchev–Trinajstić information content (AvgIpc) is 3.36. The molecule has 0 fully saturated rings. The zero-order chi connectivity index (χ0) is 22.2. The average molecular weight is 433 g/mol. The number of fused-ring (bicyclic) bond motifs is 1. The van der Waals surface area contributed by atoms with Crippen LogP contribution in [0.1, 0.15) is 37.3 Å². The number of para-hydroxylation sites is 1. The van der Waals surface area contributed by atoms with Crippen LogP contribution in [0.5, 0.6) is 17.2 Å². The first-order valence-electron chi connectivity index (χ1n) is 10.3. The Morgan fingerprint density at radius 1 is 1.28 bits per heavy atom. The molecule has 2 heterocycles. The summed E-state index contributed by atoms with van der Waals surface area (Å²) in [5.41, 5.74) is 1.37. The van der Waals surface area contributed by atoms with E-state index in [0.717, 1.165) is 24.2 Å². The molecule has 1 aliphatic heterocycles. The van der Waals surface area contributed by atoms with Gasteiger partial charge in [0.15, 0.2) is 17.6 Å². The largest absolute Gasteiger partial charge is 0.485 e. The second-order valence-electron chi connectivity index (χ2n) is 6.99. The van der Waals surface area contributed by atoms with Gasteiger partial charge in [-0.25, -0.2) is 0 Å². The fourth-order valence-electron chi connectivity index (χ4n) is 2.99. The van der Waals surface area contributed by atoms with Gasteiger partial charge < -0.3 is 19.5 Å². The van der Waals surface area contributed by atoms with E-state index in [0.29, 0.717) is 23.0 Å². The number of anilines is 1. The molecular weight excluding hydrogens is 410 g/mol. The molecule has 1 amide bonds. The smallest absolute Gasteiger partial charge is 0.248 e. The Kier molecular flexibility index (Phi) is 6.76. The normalized spacial score (nSPS) is 15.2. The van der Waals surface area contributed by atoms with Crippen LogP contribution >= 0.6 is 0 Å². The summed E-state index contributed by atoms with van der Waals surface area (Å²) in [5.74, 6) is 1.78. The van der Waals surface area contributed by atoms with Crippen LogP contribution in [0.15, 0.2) is 60.9 Å². The second kappa shape index (κ2) is 10.3. The van der Waals surface area contributed by atoms with Gasteiger partial charge in [0.2, 0.25) is 11.7 Å². The van der Waals surface area contributed by atoms with Crippen LogP contribution in [0.4, 0.5) is 5.69 Å². The summed E-state index contributed by atoms with van der Waals surface area (Å²) in [6.07, 6.45) is 8.40. The molecule has 1 aromatic heterocycles. The lowest BCUT2D eigenvalue weighted by Gasteiger charge is -2.26. The summed E-state index contributed by atoms with van der Waals surface area (Å²) in [5, 5.41) is 16.6. The Bertz CT molecular complexity index is 1090. The van der Waals surface area contributed by atoms with Gasteiger partial charge >= 0.3 is 0 Å². The SMILES string of the molecule is CCC/C=C\Oc1ccc(C=CC(=O)Nc2cccc3c2OC(c2nn[nH]n2)CO3)cc1. The molecule has 3 aromatic rings. The Morgan fingerprint density at radius 2 is 2.16 bits per heavy atom. The maximum absolute atomic E-state index is 12.5. The van der Waals surface area contributed by atoms with Gasteiger partial charge in [0.25, 0.3) is 0 Å². The number of tetrazole rings is 1. The highest BCUT2D eigenvalue weighted by Gasteiger charge is 2.28. The minimum absolute atomic E-state index is 0.248. The van der Waals surface area contributed by atoms with Gasteiger partial charge in [-0.3, -0.25) is 4.79 Å². The number of allylic oxidation sites excluding steroid dienone is 1. The minimum Gasteiger partial charge on any atom is -0.485 e. The molecule has 2 aromatic carbocycles. The highest BCUT2D eigenvalue weighted by Crippen LogP contribution is 2.41. The molecular formula is C23H23N5O4. The Morgan fingerprint density at radius 3 is 2.94 bits per heavy atom. The standard InChI is InChI=1S/C23H23N5O4/c1-2-3-4-14-30-17-11-8-16(9-12-17)10-13-21(29)24-18-6-5-7-19-22(18)32-20(15-31-19)23-25-27-28-26-23/h4-14,20H,2-3,15H2,1H3,(H,24,29)(H,25,26,27,28)/b13-10?,14-4-. The molecule has 0 saturated carbocycles. The summed E-state index contributed by atoms with van der Waals surface area (Å²) >= 11 is 0. The van der Waals surface area contributed by atoms with Gasteiger partial charge in [-0.2, -0.15) is 5.21 Å². The van der Waals surface area contributed by atoms with Crippen LogP contribution in [-0.2, 0) is 4.79 Å². The fourth-order valence-corrected chi connectivity index (χ4v) is 2.99. The third-order valence-corrected chi connectivity index (χ3v) is 4.60. The number of benzene rings is 2. The quantitative estimate of drug-likeness (QED) is 0.407. The third-order valence-electron chi connectivity index (χ3n) is 4.60. The fraction of sp³-hybridized carbons (Fsp3) is 0.217. The van der Waals surface area contributed by atoms with Gasteiger partial charge in [-0.15, -0.1) is 10.2 Å². The van der Waals surface area contributed by atoms with Gasteiger partial charge in [0.05, 0.1) is 11.9 Å². The predicted octanol–water partition coefficient (Wildman–Crippen LogP) is 4.06. The molecule has 32 heavy (non-hydrogen) atoms. The van der Waals surface area contributed by atoms with Crippen molar-refractivity contribution in [2.45, 2.75) is 25.9 Å². The second-order valence-corrected chi connectivity index (χ2v) is 6.99. The van der Waals surface area contributed by atoms with Crippen LogP contribution in [0, 0.1) is 0 Å². The molecule has 9 heteroatoms. The molecule has 0 aliphatic carbocycles. The topological polar surface area (TPSA) is 111 Å². The lowest BCUT2D eigenvalue weighted by Crippen LogP contribution is -2.24. The number of carbonyl (C=O) groups is 1. The van der Waals surface area contributed by atoms with Gasteiger partial charge in [0, 0.05) is 6.08 Å². The molecule has 0 saturated heterocycles. The van der Waals surface area contributed by atoms with E-state index in [2.05, 4.69) is 32.9 Å². The van der Waals surface area contributed by atoms with Crippen molar-refractivity contribution < 1.29 is 19.0 Å². The zero-order valence-corrected chi connectivity index (χ0v) is 17.5. The molecule has 4 rings (SSSR count). The Balaban J connectivity index is 1.38. The first kappa shape index (κ1) is 21.1. The van der Waals surface area contributed by atoms with Crippen molar-refractivity contribution in [2.75, 3.05) is 11.9 Å². The van der Waals surface area contributed by atoms with Crippen molar-refractivity contribution >= 4 is 17.7 Å². The molecule has 0 bridgehead atoms. The zero-order valence-electron chi connectivity index (χ0n) is 17.5. The number of unbranched alkanes of at least 4 members (excludes halogenated alkanes) is 1. The molecule has 2 N–H and O–H groups in total. The number of H-pyrrole nitrogens is 1. The number of amides is 1. The molecule has 164 valence electrons. The van der Waals surface area contributed by atoms with Crippen molar-refractivity contribution in [2.24, 2.45) is 0 Å². The van der Waals surface area contributed by atoms with E-state index >= 15 is 0 Å². The number of rotatable bonds is 8. The Hall–Kier alpha value is -4.14. The first-order chi connectivity index (χ1) is 15.7. The van der Waals surface area contributed by atoms with E-state index in [4.69, 9.17) is 14.2 Å². The number of aromatic amines is 1. The highest BCUT2D eigenvalue weighted by atomic mass is 16.6. The van der Waals surface area contributed by atoms with Crippen molar-refractivity contribution in [3.05, 3.63) is 72.3 Å². The number of nitrogens with zero attached hydrogens (tertiary/aromatic N) is 3. The number of hydrogen-bond acceptors (Lipinski definition) is 7. The van der Waals surface area contributed by atoms with Gasteiger partial charge in [0.1, 0.15) is 12.4 Å².